The molecule has 4 rings (SSSR count). The van der Waals surface area contributed by atoms with Gasteiger partial charge in [0.25, 0.3) is 0 Å². The highest BCUT2D eigenvalue weighted by molar-refractivity contribution is 7.90. The van der Waals surface area contributed by atoms with Crippen molar-refractivity contribution in [1.29, 1.82) is 0 Å². The maximum Gasteiger partial charge on any atom is 0.410 e. The number of methoxy groups -OCH3 is 1. The highest BCUT2D eigenvalue weighted by Crippen LogP contribution is 2.32. The van der Waals surface area contributed by atoms with Gasteiger partial charge in [0.15, 0.2) is 9.84 Å². The summed E-state index contributed by atoms with van der Waals surface area (Å²) in [6.07, 6.45) is -2.41. The summed E-state index contributed by atoms with van der Waals surface area (Å²) < 4.78 is 76.4. The Morgan fingerprint density at radius 3 is 2.39 bits per heavy atom. The number of aromatic nitrogens is 1. The average molecular weight is 635 g/mol. The number of hydrogen-bond acceptors (Lipinski definition) is 7. The molecule has 0 bridgehead atoms. The molecule has 44 heavy (non-hydrogen) atoms. The van der Waals surface area contributed by atoms with E-state index in [4.69, 9.17) is 9.47 Å². The molecule has 13 heteroatoms. The van der Waals surface area contributed by atoms with E-state index in [-0.39, 0.29) is 29.3 Å². The van der Waals surface area contributed by atoms with Crippen LogP contribution in [0.3, 0.4) is 0 Å². The summed E-state index contributed by atoms with van der Waals surface area (Å²) in [7, 11) is -2.02. The molecule has 3 aromatic rings. The number of anilines is 2. The number of rotatable bonds is 7. The second-order valence-corrected chi connectivity index (χ2v) is 13.7. The molecular weight excluding hydrogens is 597 g/mol. The largest absolute Gasteiger partial charge is 0.495 e. The van der Waals surface area contributed by atoms with Gasteiger partial charge in [-0.2, -0.15) is 13.2 Å². The van der Waals surface area contributed by atoms with Crippen LogP contribution in [-0.4, -0.2) is 74.8 Å². The van der Waals surface area contributed by atoms with E-state index in [1.54, 1.807) is 29.2 Å². The second-order valence-electron chi connectivity index (χ2n) is 11.6. The van der Waals surface area contributed by atoms with Gasteiger partial charge < -0.3 is 29.6 Å². The number of ether oxygens (including phenoxy) is 2. The van der Waals surface area contributed by atoms with E-state index >= 15 is 0 Å². The molecular formula is C31H37F3N4O5S. The third kappa shape index (κ3) is 8.53. The van der Waals surface area contributed by atoms with Crippen LogP contribution < -0.4 is 15.4 Å². The van der Waals surface area contributed by atoms with Crippen molar-refractivity contribution in [3.05, 3.63) is 48.2 Å². The quantitative estimate of drug-likeness (QED) is 0.313. The number of fused-ring (bicyclic) bond motifs is 1. The minimum atomic E-state index is -4.46. The standard InChI is InChI=1S/C31H37F3N4O5S/c1-30(2,3)43-29(39)37-16-13-21(14-17-37)36-25-9-6-10-27-24(25)18-22(38(27)20-31(32,33)34)8-7-15-35-26-12-11-23(44(5,40)41)19-28(26)42-4/h6,9-12,18-19,21,35-36H,13-17,20H2,1-5H3. The minimum Gasteiger partial charge on any atom is -0.495 e. The lowest BCUT2D eigenvalue weighted by Crippen LogP contribution is -2.44. The Kier molecular flexibility index (Phi) is 9.63. The van der Waals surface area contributed by atoms with Crippen molar-refractivity contribution in [3.63, 3.8) is 0 Å². The van der Waals surface area contributed by atoms with Gasteiger partial charge in [0, 0.05) is 42.5 Å². The number of sulfone groups is 1. The Labute approximate surface area is 255 Å². The Hall–Kier alpha value is -4.05. The highest BCUT2D eigenvalue weighted by Gasteiger charge is 2.31. The molecule has 2 N–H and O–H groups in total. The number of amides is 1. The second kappa shape index (κ2) is 12.9. The Morgan fingerprint density at radius 2 is 1.77 bits per heavy atom. The molecule has 0 spiro atoms. The van der Waals surface area contributed by atoms with Crippen molar-refractivity contribution in [2.24, 2.45) is 0 Å². The molecule has 0 saturated carbocycles. The molecule has 1 fully saturated rings. The van der Waals surface area contributed by atoms with Crippen LogP contribution in [0.5, 0.6) is 5.75 Å². The third-order valence-corrected chi connectivity index (χ3v) is 8.08. The molecule has 238 valence electrons. The number of likely N-dealkylation sites (tertiary alicyclic amines) is 1. The van der Waals surface area contributed by atoms with E-state index < -0.39 is 28.2 Å². The summed E-state index contributed by atoms with van der Waals surface area (Å²) >= 11 is 0. The van der Waals surface area contributed by atoms with Crippen molar-refractivity contribution in [3.8, 4) is 17.6 Å². The minimum absolute atomic E-state index is 0.0213. The predicted octanol–water partition coefficient (Wildman–Crippen LogP) is 5.89. The van der Waals surface area contributed by atoms with Crippen molar-refractivity contribution >= 4 is 38.2 Å². The molecule has 2 heterocycles. The van der Waals surface area contributed by atoms with Gasteiger partial charge in [0.05, 0.1) is 35.4 Å². The van der Waals surface area contributed by atoms with Crippen LogP contribution in [0.1, 0.15) is 39.3 Å². The van der Waals surface area contributed by atoms with Crippen molar-refractivity contribution in [2.45, 2.75) is 62.9 Å². The number of halogens is 3. The fourth-order valence-electron chi connectivity index (χ4n) is 4.94. The van der Waals surface area contributed by atoms with Gasteiger partial charge in [0.1, 0.15) is 17.9 Å². The lowest BCUT2D eigenvalue weighted by atomic mass is 10.0. The maximum absolute atomic E-state index is 13.6. The zero-order valence-corrected chi connectivity index (χ0v) is 26.2. The highest BCUT2D eigenvalue weighted by atomic mass is 32.2. The number of carbonyl (C=O) groups excluding carboxylic acids is 1. The summed E-state index contributed by atoms with van der Waals surface area (Å²) in [5.74, 6) is 6.04. The van der Waals surface area contributed by atoms with Crippen LogP contribution in [0.4, 0.5) is 29.3 Å². The van der Waals surface area contributed by atoms with Crippen LogP contribution in [-0.2, 0) is 21.1 Å². The fourth-order valence-corrected chi connectivity index (χ4v) is 5.58. The predicted molar refractivity (Wildman–Crippen MR) is 164 cm³/mol. The molecule has 1 amide bonds. The van der Waals surface area contributed by atoms with Crippen LogP contribution in [0.25, 0.3) is 10.9 Å². The summed E-state index contributed by atoms with van der Waals surface area (Å²) in [5, 5.41) is 7.10. The van der Waals surface area contributed by atoms with E-state index in [1.165, 1.54) is 19.2 Å². The number of hydrogen-bond donors (Lipinski definition) is 2. The van der Waals surface area contributed by atoms with Crippen LogP contribution >= 0.6 is 0 Å². The number of nitrogens with one attached hydrogen (secondary N) is 2. The third-order valence-electron chi connectivity index (χ3n) is 6.97. The monoisotopic (exact) mass is 634 g/mol. The first-order valence-corrected chi connectivity index (χ1v) is 16.0. The van der Waals surface area contributed by atoms with Gasteiger partial charge >= 0.3 is 12.3 Å². The van der Waals surface area contributed by atoms with Gasteiger partial charge in [0.2, 0.25) is 0 Å². The number of carbonyl (C=O) groups is 1. The lowest BCUT2D eigenvalue weighted by Gasteiger charge is -2.34. The zero-order chi connectivity index (χ0) is 32.3. The lowest BCUT2D eigenvalue weighted by molar-refractivity contribution is -0.140. The van der Waals surface area contributed by atoms with Crippen LogP contribution in [0, 0.1) is 11.8 Å². The first-order valence-electron chi connectivity index (χ1n) is 14.1. The normalized spacial score (nSPS) is 14.6. The topological polar surface area (TPSA) is 102 Å². The van der Waals surface area contributed by atoms with Gasteiger partial charge in [-0.05, 0) is 69.9 Å². The number of alkyl halides is 3. The van der Waals surface area contributed by atoms with Gasteiger partial charge in [-0.1, -0.05) is 12.0 Å². The SMILES string of the molecule is COc1cc(S(C)(=O)=O)ccc1NCC#Cc1cc2c(NC3CCN(C(=O)OC(C)(C)C)CC3)cccc2n1CC(F)(F)F. The van der Waals surface area contributed by atoms with Crippen molar-refractivity contribution in [2.75, 3.05) is 43.6 Å². The molecule has 0 unspecified atom stereocenters. The Morgan fingerprint density at radius 1 is 1.07 bits per heavy atom. The smallest absolute Gasteiger partial charge is 0.410 e. The van der Waals surface area contributed by atoms with Gasteiger partial charge in [-0.3, -0.25) is 0 Å². The first kappa shape index (κ1) is 32.9. The van der Waals surface area contributed by atoms with Crippen LogP contribution in [0.2, 0.25) is 0 Å². The summed E-state index contributed by atoms with van der Waals surface area (Å²) in [4.78, 5) is 14.2. The van der Waals surface area contributed by atoms with E-state index in [2.05, 4.69) is 22.5 Å². The molecule has 0 atom stereocenters. The molecule has 1 aromatic heterocycles. The molecule has 2 aromatic carbocycles. The molecule has 1 aliphatic heterocycles. The zero-order valence-electron chi connectivity index (χ0n) is 25.3. The number of piperidine rings is 1. The van der Waals surface area contributed by atoms with E-state index in [1.807, 2.05) is 26.8 Å². The summed E-state index contributed by atoms with van der Waals surface area (Å²) in [6, 6.07) is 11.2. The van der Waals surface area contributed by atoms with Gasteiger partial charge in [-0.25, -0.2) is 13.2 Å². The molecule has 9 nitrogen and oxygen atoms in total. The summed E-state index contributed by atoms with van der Waals surface area (Å²) in [6.45, 7) is 5.33. The van der Waals surface area contributed by atoms with Gasteiger partial charge in [-0.15, -0.1) is 0 Å². The average Bonchev–Trinajstić information content (AvgIpc) is 3.26. The molecule has 0 aliphatic carbocycles. The molecule has 0 radical (unpaired) electrons. The van der Waals surface area contributed by atoms with Crippen molar-refractivity contribution < 1.29 is 35.9 Å². The summed E-state index contributed by atoms with van der Waals surface area (Å²) in [5.41, 5.74) is 1.20. The molecule has 1 aliphatic rings. The number of benzene rings is 2. The first-order chi connectivity index (χ1) is 20.5. The number of nitrogens with zero attached hydrogens (tertiary/aromatic N) is 2. The van der Waals surface area contributed by atoms with Crippen LogP contribution in [0.15, 0.2) is 47.4 Å². The molecule has 1 saturated heterocycles. The Balaban J connectivity index is 1.52. The van der Waals surface area contributed by atoms with E-state index in [9.17, 15) is 26.4 Å². The maximum atomic E-state index is 13.6. The Bertz CT molecular complexity index is 1680. The van der Waals surface area contributed by atoms with E-state index in [0.717, 1.165) is 10.8 Å². The fraction of sp³-hybridized carbons (Fsp3) is 0.452. The van der Waals surface area contributed by atoms with E-state index in [0.29, 0.717) is 54.0 Å². The van der Waals surface area contributed by atoms with Crippen molar-refractivity contribution in [1.82, 2.24) is 9.47 Å².